The fraction of sp³-hybridized carbons (Fsp3) is 0.333. The molecule has 1 amide bonds. The molecule has 0 atom stereocenters. The smallest absolute Gasteiger partial charge is 0.295 e. The number of benzene rings is 2. The summed E-state index contributed by atoms with van der Waals surface area (Å²) in [4.78, 5) is 15.0. The molecule has 0 aliphatic carbocycles. The zero-order valence-corrected chi connectivity index (χ0v) is 16.7. The van der Waals surface area contributed by atoms with Crippen molar-refractivity contribution in [1.29, 1.82) is 0 Å². The van der Waals surface area contributed by atoms with Gasteiger partial charge in [0.2, 0.25) is 0 Å². The molecule has 1 fully saturated rings. The lowest BCUT2D eigenvalue weighted by molar-refractivity contribution is -1.02. The number of hydrazone groups is 1. The summed E-state index contributed by atoms with van der Waals surface area (Å²) in [5.41, 5.74) is 5.34. The molecule has 1 aliphatic rings. The fourth-order valence-electron chi connectivity index (χ4n) is 3.37. The van der Waals surface area contributed by atoms with Crippen LogP contribution in [0.1, 0.15) is 18.1 Å². The summed E-state index contributed by atoms with van der Waals surface area (Å²) in [6, 6.07) is 14.1. The normalized spacial score (nSPS) is 20.0. The van der Waals surface area contributed by atoms with Gasteiger partial charge in [0, 0.05) is 10.6 Å². The highest BCUT2D eigenvalue weighted by Gasteiger charge is 2.24. The number of carbonyl (C=O) groups excluding carboxylic acids is 1. The topological polar surface area (TPSA) is 50.3 Å². The molecule has 2 aromatic carbocycles. The highest BCUT2D eigenvalue weighted by atomic mass is 35.5. The maximum absolute atomic E-state index is 13.0. The number of halogens is 2. The molecular formula is C21H26ClFN4O+2. The number of hydrogen-bond acceptors (Lipinski definition) is 2. The minimum atomic E-state index is -0.290. The average molecular weight is 405 g/mol. The van der Waals surface area contributed by atoms with Crippen LogP contribution in [0, 0.1) is 5.82 Å². The van der Waals surface area contributed by atoms with Crippen LogP contribution in [0.2, 0.25) is 5.02 Å². The highest BCUT2D eigenvalue weighted by Crippen LogP contribution is 2.08. The molecule has 0 radical (unpaired) electrons. The van der Waals surface area contributed by atoms with Gasteiger partial charge >= 0.3 is 0 Å². The minimum absolute atomic E-state index is 0.0994. The van der Waals surface area contributed by atoms with E-state index in [-0.39, 0.29) is 11.7 Å². The molecule has 1 saturated heterocycles. The summed E-state index contributed by atoms with van der Waals surface area (Å²) in [5, 5.41) is 4.89. The van der Waals surface area contributed by atoms with Crippen LogP contribution in [0.4, 0.5) is 4.39 Å². The van der Waals surface area contributed by atoms with E-state index in [1.54, 1.807) is 19.1 Å². The molecule has 28 heavy (non-hydrogen) atoms. The third-order valence-electron chi connectivity index (χ3n) is 5.05. The second kappa shape index (κ2) is 9.78. The van der Waals surface area contributed by atoms with E-state index in [1.807, 2.05) is 12.1 Å². The summed E-state index contributed by atoms with van der Waals surface area (Å²) in [6.45, 7) is 7.16. The van der Waals surface area contributed by atoms with Gasteiger partial charge in [0.25, 0.3) is 5.91 Å². The number of nitrogens with one attached hydrogen (secondary N) is 3. The Morgan fingerprint density at radius 2 is 1.64 bits per heavy atom. The predicted octanol–water partition coefficient (Wildman–Crippen LogP) is 0.303. The Bertz CT molecular complexity index is 815. The molecule has 0 aromatic heterocycles. The van der Waals surface area contributed by atoms with Gasteiger partial charge in [0.05, 0.1) is 5.71 Å². The van der Waals surface area contributed by atoms with E-state index in [0.717, 1.165) is 43.3 Å². The van der Waals surface area contributed by atoms with Crippen molar-refractivity contribution in [2.75, 3.05) is 32.7 Å². The van der Waals surface area contributed by atoms with Crippen LogP contribution in [0.15, 0.2) is 53.6 Å². The van der Waals surface area contributed by atoms with Crippen molar-refractivity contribution in [2.45, 2.75) is 13.5 Å². The molecule has 0 unspecified atom stereocenters. The lowest BCUT2D eigenvalue weighted by Gasteiger charge is -2.29. The van der Waals surface area contributed by atoms with E-state index in [4.69, 9.17) is 11.6 Å². The summed E-state index contributed by atoms with van der Waals surface area (Å²) in [5.74, 6) is -0.390. The number of carbonyl (C=O) groups is 1. The largest absolute Gasteiger partial charge is 0.322 e. The maximum atomic E-state index is 13.0. The first kappa shape index (κ1) is 20.5. The number of nitrogens with zero attached hydrogens (tertiary/aromatic N) is 1. The summed E-state index contributed by atoms with van der Waals surface area (Å²) in [6.07, 6.45) is 0. The van der Waals surface area contributed by atoms with Crippen LogP contribution in [0.3, 0.4) is 0 Å². The van der Waals surface area contributed by atoms with Crippen LogP contribution < -0.4 is 15.2 Å². The Morgan fingerprint density at radius 1 is 1.04 bits per heavy atom. The highest BCUT2D eigenvalue weighted by molar-refractivity contribution is 6.30. The molecule has 3 N–H and O–H groups in total. The Hall–Kier alpha value is -2.28. The number of quaternary nitrogens is 2. The fourth-order valence-corrected chi connectivity index (χ4v) is 3.50. The lowest BCUT2D eigenvalue weighted by atomic mass is 10.1. The second-order valence-electron chi connectivity index (χ2n) is 7.22. The first-order valence-electron chi connectivity index (χ1n) is 9.50. The molecule has 3 rings (SSSR count). The Labute approximate surface area is 169 Å². The van der Waals surface area contributed by atoms with Gasteiger partial charge in [-0.05, 0) is 36.8 Å². The van der Waals surface area contributed by atoms with Crippen molar-refractivity contribution in [3.63, 3.8) is 0 Å². The molecule has 5 nitrogen and oxygen atoms in total. The average Bonchev–Trinajstić information content (AvgIpc) is 2.70. The van der Waals surface area contributed by atoms with Gasteiger partial charge in [0.15, 0.2) is 6.54 Å². The van der Waals surface area contributed by atoms with Gasteiger partial charge in [-0.1, -0.05) is 35.9 Å². The van der Waals surface area contributed by atoms with E-state index < -0.39 is 0 Å². The van der Waals surface area contributed by atoms with Crippen LogP contribution in [0.25, 0.3) is 0 Å². The summed E-state index contributed by atoms with van der Waals surface area (Å²) < 4.78 is 13.0. The van der Waals surface area contributed by atoms with Crippen molar-refractivity contribution >= 4 is 23.2 Å². The molecule has 0 spiro atoms. The van der Waals surface area contributed by atoms with E-state index in [1.165, 1.54) is 27.5 Å². The molecule has 1 heterocycles. The third-order valence-corrected chi connectivity index (χ3v) is 5.30. The number of piperazine rings is 1. The molecule has 0 saturated carbocycles. The van der Waals surface area contributed by atoms with Crippen molar-refractivity contribution in [2.24, 2.45) is 5.10 Å². The Kier molecular flexibility index (Phi) is 7.14. The van der Waals surface area contributed by atoms with Gasteiger partial charge in [0.1, 0.15) is 38.5 Å². The maximum Gasteiger partial charge on any atom is 0.295 e. The quantitative estimate of drug-likeness (QED) is 0.471. The number of rotatable bonds is 6. The number of hydrogen-bond donors (Lipinski definition) is 3. The van der Waals surface area contributed by atoms with Crippen LogP contribution in [0.5, 0.6) is 0 Å². The van der Waals surface area contributed by atoms with Crippen molar-refractivity contribution in [1.82, 2.24) is 5.43 Å². The predicted molar refractivity (Wildman–Crippen MR) is 108 cm³/mol. The first-order chi connectivity index (χ1) is 13.5. The second-order valence-corrected chi connectivity index (χ2v) is 7.66. The SMILES string of the molecule is C/C(=N\NC(=O)C[NH+]1CC[NH+](Cc2ccc(Cl)cc2)CC1)c1ccc(F)cc1. The molecule has 7 heteroatoms. The van der Waals surface area contributed by atoms with Gasteiger partial charge in [-0.25, -0.2) is 9.82 Å². The zero-order valence-electron chi connectivity index (χ0n) is 16.0. The summed E-state index contributed by atoms with van der Waals surface area (Å²) >= 11 is 5.94. The lowest BCUT2D eigenvalue weighted by Crippen LogP contribution is -3.28. The van der Waals surface area contributed by atoms with E-state index in [9.17, 15) is 9.18 Å². The van der Waals surface area contributed by atoms with Crippen LogP contribution in [-0.2, 0) is 11.3 Å². The van der Waals surface area contributed by atoms with Gasteiger partial charge < -0.3 is 9.80 Å². The van der Waals surface area contributed by atoms with Crippen molar-refractivity contribution in [3.05, 3.63) is 70.5 Å². The van der Waals surface area contributed by atoms with Crippen LogP contribution >= 0.6 is 11.6 Å². The zero-order chi connectivity index (χ0) is 19.9. The molecule has 1 aliphatic heterocycles. The van der Waals surface area contributed by atoms with Gasteiger partial charge in [-0.15, -0.1) is 0 Å². The Morgan fingerprint density at radius 3 is 2.29 bits per heavy atom. The van der Waals surface area contributed by atoms with Crippen LogP contribution in [-0.4, -0.2) is 44.3 Å². The molecular weight excluding hydrogens is 379 g/mol. The van der Waals surface area contributed by atoms with E-state index in [2.05, 4.69) is 22.7 Å². The first-order valence-corrected chi connectivity index (χ1v) is 9.88. The standard InChI is InChI=1S/C21H24ClFN4O/c1-16(18-4-8-20(23)9-5-18)24-25-21(28)15-27-12-10-26(11-13-27)14-17-2-6-19(22)7-3-17/h2-9H,10-15H2,1H3,(H,25,28)/p+2/b24-16+. The minimum Gasteiger partial charge on any atom is -0.322 e. The van der Waals surface area contributed by atoms with Crippen molar-refractivity contribution in [3.8, 4) is 0 Å². The van der Waals surface area contributed by atoms with E-state index >= 15 is 0 Å². The van der Waals surface area contributed by atoms with E-state index in [0.29, 0.717) is 12.3 Å². The van der Waals surface area contributed by atoms with Gasteiger partial charge in [-0.3, -0.25) is 4.79 Å². The summed E-state index contributed by atoms with van der Waals surface area (Å²) in [7, 11) is 0. The Balaban J connectivity index is 1.41. The molecule has 0 bridgehead atoms. The van der Waals surface area contributed by atoms with Crippen molar-refractivity contribution < 1.29 is 19.0 Å². The van der Waals surface area contributed by atoms with Gasteiger partial charge in [-0.2, -0.15) is 5.10 Å². The molecule has 2 aromatic rings. The molecule has 148 valence electrons. The monoisotopic (exact) mass is 404 g/mol. The third kappa shape index (κ3) is 6.12. The number of amides is 1.